The van der Waals surface area contributed by atoms with Gasteiger partial charge in [0, 0.05) is 12.6 Å². The zero-order valence-electron chi connectivity index (χ0n) is 12.8. The van der Waals surface area contributed by atoms with Crippen LogP contribution in [0.3, 0.4) is 0 Å². The monoisotopic (exact) mass is 325 g/mol. The highest BCUT2D eigenvalue weighted by Gasteiger charge is 2.57. The summed E-state index contributed by atoms with van der Waals surface area (Å²) in [5.74, 6) is -6.04. The van der Waals surface area contributed by atoms with E-state index in [1.807, 2.05) is 6.92 Å². The Hall–Kier alpha value is -2.32. The number of nitrogens with one attached hydrogen (secondary N) is 1. The molecule has 0 radical (unpaired) electrons. The Bertz CT molecular complexity index is 600. The molecule has 1 aromatic carbocycles. The maximum atomic E-state index is 11.2. The predicted molar refractivity (Wildman–Crippen MR) is 78.6 cm³/mol. The number of fused-ring (bicyclic) bond motifs is 1. The minimum absolute atomic E-state index is 0.0636. The standard InChI is InChI=1S/C15H19NO7/c1-8(16-7-9(2)17)5-10-3-4-11-12(6-10)23-15(22-11,13(18)19)14(20)21/h3-4,6,8-9,16-17H,5,7H2,1-2H3,(H,18,19)(H,20,21)/t8-,9?/m1/s1. The lowest BCUT2D eigenvalue weighted by molar-refractivity contribution is -0.194. The maximum absolute atomic E-state index is 11.2. The number of carboxylic acid groups (broad SMARTS) is 2. The molecule has 1 aliphatic heterocycles. The van der Waals surface area contributed by atoms with E-state index in [0.717, 1.165) is 5.56 Å². The first-order valence-electron chi connectivity index (χ1n) is 7.14. The van der Waals surface area contributed by atoms with Gasteiger partial charge in [-0.15, -0.1) is 0 Å². The van der Waals surface area contributed by atoms with Gasteiger partial charge in [-0.3, -0.25) is 0 Å². The fourth-order valence-corrected chi connectivity index (χ4v) is 2.24. The number of ether oxygens (including phenoxy) is 2. The van der Waals surface area contributed by atoms with Crippen molar-refractivity contribution < 1.29 is 34.4 Å². The molecule has 8 nitrogen and oxygen atoms in total. The Morgan fingerprint density at radius 2 is 1.78 bits per heavy atom. The van der Waals surface area contributed by atoms with E-state index in [-0.39, 0.29) is 17.5 Å². The molecule has 0 bridgehead atoms. The second-order valence-electron chi connectivity index (χ2n) is 5.57. The quantitative estimate of drug-likeness (QED) is 0.525. The summed E-state index contributed by atoms with van der Waals surface area (Å²) in [6.07, 6.45) is 0.136. The molecule has 23 heavy (non-hydrogen) atoms. The second-order valence-corrected chi connectivity index (χ2v) is 5.57. The second kappa shape index (κ2) is 6.43. The topological polar surface area (TPSA) is 125 Å². The number of aliphatic hydroxyl groups excluding tert-OH is 1. The van der Waals surface area contributed by atoms with Crippen molar-refractivity contribution in [2.24, 2.45) is 0 Å². The van der Waals surface area contributed by atoms with Gasteiger partial charge in [0.25, 0.3) is 0 Å². The Morgan fingerprint density at radius 3 is 2.35 bits per heavy atom. The SMILES string of the molecule is CC(O)CN[C@H](C)Cc1ccc2c(c1)OC(C(=O)O)(C(=O)O)O2. The Labute approximate surface area is 132 Å². The number of carboxylic acids is 2. The minimum atomic E-state index is -2.74. The average Bonchev–Trinajstić information content (AvgIpc) is 2.85. The highest BCUT2D eigenvalue weighted by Crippen LogP contribution is 2.40. The van der Waals surface area contributed by atoms with Crippen LogP contribution in [0.2, 0.25) is 0 Å². The molecule has 0 spiro atoms. The number of hydrogen-bond donors (Lipinski definition) is 4. The normalized spacial score (nSPS) is 17.5. The zero-order chi connectivity index (χ0) is 17.2. The van der Waals surface area contributed by atoms with E-state index in [1.165, 1.54) is 6.07 Å². The largest absolute Gasteiger partial charge is 0.475 e. The van der Waals surface area contributed by atoms with Crippen LogP contribution in [0.1, 0.15) is 19.4 Å². The molecule has 2 atom stereocenters. The zero-order valence-corrected chi connectivity index (χ0v) is 12.8. The molecule has 1 heterocycles. The third-order valence-electron chi connectivity index (χ3n) is 3.38. The number of aliphatic hydroxyl groups is 1. The molecule has 8 heteroatoms. The summed E-state index contributed by atoms with van der Waals surface area (Å²) < 4.78 is 10.0. The van der Waals surface area contributed by atoms with Gasteiger partial charge in [0.1, 0.15) is 0 Å². The van der Waals surface area contributed by atoms with Crippen LogP contribution in [0.4, 0.5) is 0 Å². The van der Waals surface area contributed by atoms with E-state index in [1.54, 1.807) is 19.1 Å². The Morgan fingerprint density at radius 1 is 1.17 bits per heavy atom. The summed E-state index contributed by atoms with van der Waals surface area (Å²) in [6.45, 7) is 4.07. The molecule has 0 aliphatic carbocycles. The minimum Gasteiger partial charge on any atom is -0.475 e. The molecule has 1 aliphatic rings. The van der Waals surface area contributed by atoms with Crippen LogP contribution in [0.5, 0.6) is 11.5 Å². The fraction of sp³-hybridized carbons (Fsp3) is 0.467. The summed E-state index contributed by atoms with van der Waals surface area (Å²) in [5.41, 5.74) is 0.824. The van der Waals surface area contributed by atoms with Gasteiger partial charge in [-0.1, -0.05) is 6.07 Å². The first-order chi connectivity index (χ1) is 10.7. The maximum Gasteiger partial charge on any atom is 0.453 e. The van der Waals surface area contributed by atoms with Crippen LogP contribution in [0, 0.1) is 0 Å². The molecule has 2 rings (SSSR count). The van der Waals surface area contributed by atoms with E-state index in [4.69, 9.17) is 19.7 Å². The molecular weight excluding hydrogens is 306 g/mol. The average molecular weight is 325 g/mol. The Kier molecular flexibility index (Phi) is 4.76. The third-order valence-corrected chi connectivity index (χ3v) is 3.38. The summed E-state index contributed by atoms with van der Waals surface area (Å²) in [6, 6.07) is 4.82. The van der Waals surface area contributed by atoms with E-state index in [0.29, 0.717) is 13.0 Å². The number of benzene rings is 1. The molecule has 0 fully saturated rings. The fourth-order valence-electron chi connectivity index (χ4n) is 2.24. The highest BCUT2D eigenvalue weighted by molar-refractivity contribution is 6.01. The van der Waals surface area contributed by atoms with Crippen LogP contribution in [0.15, 0.2) is 18.2 Å². The first kappa shape index (κ1) is 17.0. The predicted octanol–water partition coefficient (Wildman–Crippen LogP) is 0.225. The van der Waals surface area contributed by atoms with Crippen molar-refractivity contribution in [3.05, 3.63) is 23.8 Å². The summed E-state index contributed by atoms with van der Waals surface area (Å²) in [7, 11) is 0. The van der Waals surface area contributed by atoms with Crippen molar-refractivity contribution in [2.45, 2.75) is 38.2 Å². The molecule has 4 N–H and O–H groups in total. The van der Waals surface area contributed by atoms with E-state index in [2.05, 4.69) is 5.32 Å². The lowest BCUT2D eigenvalue weighted by Gasteiger charge is -2.17. The number of hydrogen-bond acceptors (Lipinski definition) is 6. The Balaban J connectivity index is 2.11. The lowest BCUT2D eigenvalue weighted by Crippen LogP contribution is -2.54. The van der Waals surface area contributed by atoms with E-state index in [9.17, 15) is 14.7 Å². The lowest BCUT2D eigenvalue weighted by atomic mass is 10.1. The number of rotatable bonds is 7. The number of aliphatic carboxylic acids is 2. The first-order valence-corrected chi connectivity index (χ1v) is 7.14. The van der Waals surface area contributed by atoms with Gasteiger partial charge in [-0.25, -0.2) is 9.59 Å². The molecular formula is C15H19NO7. The van der Waals surface area contributed by atoms with Crippen molar-refractivity contribution >= 4 is 11.9 Å². The molecule has 0 amide bonds. The van der Waals surface area contributed by atoms with Gasteiger partial charge in [0.2, 0.25) is 0 Å². The van der Waals surface area contributed by atoms with Gasteiger partial charge in [0.05, 0.1) is 6.10 Å². The molecule has 0 aromatic heterocycles. The van der Waals surface area contributed by atoms with Crippen LogP contribution in [-0.4, -0.2) is 51.7 Å². The van der Waals surface area contributed by atoms with E-state index >= 15 is 0 Å². The third kappa shape index (κ3) is 3.54. The van der Waals surface area contributed by atoms with Crippen molar-refractivity contribution in [1.82, 2.24) is 5.32 Å². The summed E-state index contributed by atoms with van der Waals surface area (Å²) >= 11 is 0. The summed E-state index contributed by atoms with van der Waals surface area (Å²) in [4.78, 5) is 22.4. The van der Waals surface area contributed by atoms with Crippen LogP contribution < -0.4 is 14.8 Å². The van der Waals surface area contributed by atoms with Crippen LogP contribution >= 0.6 is 0 Å². The molecule has 126 valence electrons. The molecule has 1 unspecified atom stereocenters. The molecule has 0 saturated carbocycles. The molecule has 1 aromatic rings. The smallest absolute Gasteiger partial charge is 0.453 e. The van der Waals surface area contributed by atoms with Crippen molar-refractivity contribution in [1.29, 1.82) is 0 Å². The van der Waals surface area contributed by atoms with Crippen molar-refractivity contribution in [3.63, 3.8) is 0 Å². The van der Waals surface area contributed by atoms with Crippen molar-refractivity contribution in [3.8, 4) is 11.5 Å². The van der Waals surface area contributed by atoms with Crippen molar-refractivity contribution in [2.75, 3.05) is 6.54 Å². The van der Waals surface area contributed by atoms with E-state index < -0.39 is 23.8 Å². The van der Waals surface area contributed by atoms with Gasteiger partial charge in [-0.2, -0.15) is 0 Å². The van der Waals surface area contributed by atoms with Gasteiger partial charge in [0.15, 0.2) is 11.5 Å². The number of carbonyl (C=O) groups is 2. The van der Waals surface area contributed by atoms with Gasteiger partial charge >= 0.3 is 17.7 Å². The van der Waals surface area contributed by atoms with Crippen LogP contribution in [0.25, 0.3) is 0 Å². The highest BCUT2D eigenvalue weighted by atomic mass is 16.8. The van der Waals surface area contributed by atoms with Crippen LogP contribution in [-0.2, 0) is 16.0 Å². The molecule has 0 saturated heterocycles. The van der Waals surface area contributed by atoms with Gasteiger partial charge < -0.3 is 30.1 Å². The van der Waals surface area contributed by atoms with Gasteiger partial charge in [-0.05, 0) is 38.0 Å². The summed E-state index contributed by atoms with van der Waals surface area (Å²) in [5, 5.41) is 30.5.